The summed E-state index contributed by atoms with van der Waals surface area (Å²) in [5.41, 5.74) is 6.29. The standard InChI is InChI=1S/C11H11B4/c1-6-9-7(13-2)4-5-8(14-3)10(9)15-11(6)12/h4-5H,1-3H3. The Morgan fingerprint density at radius 3 is 2.33 bits per heavy atom. The lowest BCUT2D eigenvalue weighted by molar-refractivity contribution is 1.69. The number of fused-ring (bicyclic) bond motifs is 1. The van der Waals surface area contributed by atoms with Gasteiger partial charge in [0.1, 0.15) is 14.6 Å². The largest absolute Gasteiger partial charge is 0.173 e. The molecule has 2 rings (SSSR count). The molecule has 4 heteroatoms. The average molecular weight is 186 g/mol. The van der Waals surface area contributed by atoms with Crippen LogP contribution in [0.2, 0.25) is 13.6 Å². The zero-order chi connectivity index (χ0) is 11.0. The molecule has 0 aromatic heterocycles. The Morgan fingerprint density at radius 2 is 1.73 bits per heavy atom. The lowest BCUT2D eigenvalue weighted by Crippen LogP contribution is -2.39. The third-order valence-electron chi connectivity index (χ3n) is 3.04. The molecule has 0 saturated heterocycles. The zero-order valence-electron chi connectivity index (χ0n) is 9.46. The summed E-state index contributed by atoms with van der Waals surface area (Å²) in [6.45, 7) is 6.21. The van der Waals surface area contributed by atoms with Gasteiger partial charge in [0.2, 0.25) is 0 Å². The first kappa shape index (κ1) is 10.7. The summed E-state index contributed by atoms with van der Waals surface area (Å²) in [6.07, 6.45) is 0. The van der Waals surface area contributed by atoms with Crippen molar-refractivity contribution in [3.05, 3.63) is 23.1 Å². The molecule has 5 radical (unpaired) electrons. The lowest BCUT2D eigenvalue weighted by atomic mass is 9.53. The van der Waals surface area contributed by atoms with Crippen LogP contribution in [0.1, 0.15) is 12.5 Å². The number of allylic oxidation sites excluding steroid dienone is 1. The predicted octanol–water partition coefficient (Wildman–Crippen LogP) is -0.358. The molecule has 15 heavy (non-hydrogen) atoms. The minimum absolute atomic E-state index is 0.891. The molecule has 67 valence electrons. The normalized spacial score (nSPS) is 13.5. The van der Waals surface area contributed by atoms with Gasteiger partial charge in [0.05, 0.1) is 7.85 Å². The van der Waals surface area contributed by atoms with E-state index in [1.165, 1.54) is 27.5 Å². The zero-order valence-corrected chi connectivity index (χ0v) is 9.46. The fraction of sp³-hybridized carbons (Fsp3) is 0.273. The Bertz CT molecular complexity index is 434. The van der Waals surface area contributed by atoms with Gasteiger partial charge in [-0.3, -0.25) is 0 Å². The molecule has 1 aliphatic rings. The second-order valence-corrected chi connectivity index (χ2v) is 3.83. The first-order valence-electron chi connectivity index (χ1n) is 5.26. The molecule has 0 spiro atoms. The van der Waals surface area contributed by atoms with Crippen molar-refractivity contribution < 1.29 is 0 Å². The minimum Gasteiger partial charge on any atom is -0.143 e. The van der Waals surface area contributed by atoms with Crippen LogP contribution in [0.15, 0.2) is 17.5 Å². The van der Waals surface area contributed by atoms with Gasteiger partial charge in [0.15, 0.2) is 7.28 Å². The average Bonchev–Trinajstić information content (AvgIpc) is 2.55. The summed E-state index contributed by atoms with van der Waals surface area (Å²) in [5, 5.41) is 0.891. The third-order valence-corrected chi connectivity index (χ3v) is 3.04. The Balaban J connectivity index is 2.65. The highest BCUT2D eigenvalue weighted by Gasteiger charge is 2.20. The van der Waals surface area contributed by atoms with Crippen LogP contribution in [0.25, 0.3) is 5.57 Å². The van der Waals surface area contributed by atoms with Crippen molar-refractivity contribution in [1.82, 2.24) is 0 Å². The van der Waals surface area contributed by atoms with Gasteiger partial charge in [0.25, 0.3) is 0 Å². The second kappa shape index (κ2) is 4.00. The summed E-state index contributed by atoms with van der Waals surface area (Å²) in [5.74, 6) is 0. The van der Waals surface area contributed by atoms with E-state index in [0.717, 1.165) is 5.37 Å². The number of hydrogen-bond donors (Lipinski definition) is 0. The van der Waals surface area contributed by atoms with Crippen LogP contribution in [0.5, 0.6) is 0 Å². The lowest BCUT2D eigenvalue weighted by Gasteiger charge is -2.12. The molecule has 0 unspecified atom stereocenters. The number of hydrogen-bond acceptors (Lipinski definition) is 0. The van der Waals surface area contributed by atoms with Crippen LogP contribution in [0, 0.1) is 0 Å². The topological polar surface area (TPSA) is 0 Å². The van der Waals surface area contributed by atoms with Crippen molar-refractivity contribution in [2.75, 3.05) is 0 Å². The van der Waals surface area contributed by atoms with E-state index in [2.05, 4.69) is 54.5 Å². The maximum absolute atomic E-state index is 5.97. The molecular weight excluding hydrogens is 175 g/mol. The maximum atomic E-state index is 5.97. The van der Waals surface area contributed by atoms with Crippen LogP contribution in [0.4, 0.5) is 0 Å². The van der Waals surface area contributed by atoms with Gasteiger partial charge in [-0.25, -0.2) is 0 Å². The highest BCUT2D eigenvalue weighted by molar-refractivity contribution is 6.81. The summed E-state index contributed by atoms with van der Waals surface area (Å²) in [6, 6.07) is 4.31. The highest BCUT2D eigenvalue weighted by Crippen LogP contribution is 2.17. The van der Waals surface area contributed by atoms with Crippen LogP contribution in [-0.4, -0.2) is 29.7 Å². The fourth-order valence-corrected chi connectivity index (χ4v) is 2.13. The summed E-state index contributed by atoms with van der Waals surface area (Å²) < 4.78 is 0. The molecule has 0 nitrogen and oxygen atoms in total. The van der Waals surface area contributed by atoms with Gasteiger partial charge in [-0.2, -0.15) is 0 Å². The van der Waals surface area contributed by atoms with Gasteiger partial charge >= 0.3 is 0 Å². The van der Waals surface area contributed by atoms with E-state index in [0.29, 0.717) is 0 Å². The van der Waals surface area contributed by atoms with Crippen LogP contribution in [0.3, 0.4) is 0 Å². The molecule has 0 fully saturated rings. The van der Waals surface area contributed by atoms with E-state index in [9.17, 15) is 0 Å². The summed E-state index contributed by atoms with van der Waals surface area (Å²) >= 11 is 0. The molecule has 1 aromatic carbocycles. The van der Waals surface area contributed by atoms with Gasteiger partial charge in [-0.05, 0) is 12.5 Å². The van der Waals surface area contributed by atoms with Crippen molar-refractivity contribution in [2.24, 2.45) is 0 Å². The monoisotopic (exact) mass is 187 g/mol. The molecule has 1 aromatic rings. The van der Waals surface area contributed by atoms with Crippen molar-refractivity contribution in [3.63, 3.8) is 0 Å². The smallest absolute Gasteiger partial charge is 0.143 e. The summed E-state index contributed by atoms with van der Waals surface area (Å²) in [4.78, 5) is 0. The molecule has 0 amide bonds. The third kappa shape index (κ3) is 1.60. The second-order valence-electron chi connectivity index (χ2n) is 3.83. The van der Waals surface area contributed by atoms with E-state index in [1.54, 1.807) is 0 Å². The number of rotatable bonds is 2. The van der Waals surface area contributed by atoms with Gasteiger partial charge in [0, 0.05) is 0 Å². The Labute approximate surface area is 95.7 Å². The molecule has 1 aliphatic heterocycles. The van der Waals surface area contributed by atoms with Crippen LogP contribution < -0.4 is 16.4 Å². The Kier molecular flexibility index (Phi) is 2.86. The minimum atomic E-state index is 0.891. The van der Waals surface area contributed by atoms with Crippen molar-refractivity contribution in [1.29, 1.82) is 0 Å². The fourth-order valence-electron chi connectivity index (χ4n) is 2.13. The molecule has 0 saturated carbocycles. The van der Waals surface area contributed by atoms with E-state index >= 15 is 0 Å². The quantitative estimate of drug-likeness (QED) is 0.554. The van der Waals surface area contributed by atoms with E-state index in [-0.39, 0.29) is 0 Å². The Morgan fingerprint density at radius 1 is 1.13 bits per heavy atom. The molecular formula is C11H11B4. The van der Waals surface area contributed by atoms with E-state index in [1.807, 2.05) is 0 Å². The van der Waals surface area contributed by atoms with Crippen molar-refractivity contribution >= 4 is 51.6 Å². The predicted molar refractivity (Wildman–Crippen MR) is 72.7 cm³/mol. The molecule has 0 N–H and O–H groups in total. The maximum Gasteiger partial charge on any atom is 0.173 e. The first-order chi connectivity index (χ1) is 7.19. The van der Waals surface area contributed by atoms with Gasteiger partial charge < -0.3 is 0 Å². The van der Waals surface area contributed by atoms with Crippen molar-refractivity contribution in [2.45, 2.75) is 20.6 Å². The molecule has 0 bridgehead atoms. The van der Waals surface area contributed by atoms with Crippen molar-refractivity contribution in [3.8, 4) is 0 Å². The van der Waals surface area contributed by atoms with E-state index < -0.39 is 0 Å². The first-order valence-corrected chi connectivity index (χ1v) is 5.26. The van der Waals surface area contributed by atoms with Gasteiger partial charge in [-0.1, -0.05) is 47.7 Å². The molecule has 0 atom stereocenters. The SMILES string of the molecule is [B]C1=C(C)c2c([B]C)ccc([B]C)c2[B]1. The molecule has 1 heterocycles. The number of benzene rings is 1. The Hall–Kier alpha value is -0.780. The van der Waals surface area contributed by atoms with E-state index in [4.69, 9.17) is 7.85 Å². The highest BCUT2D eigenvalue weighted by atomic mass is 14.1. The van der Waals surface area contributed by atoms with Gasteiger partial charge in [-0.15, -0.1) is 5.37 Å². The summed E-state index contributed by atoms with van der Waals surface area (Å²) in [7, 11) is 12.3. The molecule has 0 aliphatic carbocycles. The van der Waals surface area contributed by atoms with Crippen LogP contribution in [-0.2, 0) is 0 Å². The van der Waals surface area contributed by atoms with Crippen LogP contribution >= 0.6 is 0 Å².